The Morgan fingerprint density at radius 3 is 3.00 bits per heavy atom. The maximum atomic E-state index is 13.1. The molecule has 1 aromatic heterocycles. The Balaban J connectivity index is 2.83. The smallest absolute Gasteiger partial charge is 0.166 e. The zero-order valence-corrected chi connectivity index (χ0v) is 7.98. The average Bonchev–Trinajstić information content (AvgIpc) is 2.09. The molecule has 1 heterocycles. The quantitative estimate of drug-likeness (QED) is 0.759. The normalized spacial score (nSPS) is 12.2. The zero-order chi connectivity index (χ0) is 9.84. The molecule has 0 saturated heterocycles. The predicted octanol–water partition coefficient (Wildman–Crippen LogP) is 2.86. The van der Waals surface area contributed by atoms with Gasteiger partial charge in [-0.05, 0) is 13.0 Å². The van der Waals surface area contributed by atoms with E-state index < -0.39 is 5.82 Å². The second kappa shape index (κ2) is 4.23. The molecule has 0 fully saturated rings. The first-order valence-corrected chi connectivity index (χ1v) is 4.21. The molecule has 70 valence electrons. The van der Waals surface area contributed by atoms with Gasteiger partial charge in [-0.3, -0.25) is 0 Å². The van der Waals surface area contributed by atoms with Crippen molar-refractivity contribution in [1.29, 1.82) is 0 Å². The van der Waals surface area contributed by atoms with Crippen LogP contribution in [0.1, 0.15) is 6.92 Å². The highest BCUT2D eigenvalue weighted by atomic mass is 35.5. The number of anilines is 1. The lowest BCUT2D eigenvalue weighted by molar-refractivity contribution is 0.623. The van der Waals surface area contributed by atoms with E-state index in [2.05, 4.69) is 16.9 Å². The van der Waals surface area contributed by atoms with Gasteiger partial charge in [0.15, 0.2) is 11.6 Å². The number of hydrogen-bond donors (Lipinski definition) is 1. The van der Waals surface area contributed by atoms with Crippen molar-refractivity contribution in [2.45, 2.75) is 13.0 Å². The summed E-state index contributed by atoms with van der Waals surface area (Å²) in [5, 5.41) is 3.11. The Labute approximate surface area is 81.4 Å². The van der Waals surface area contributed by atoms with Gasteiger partial charge in [0.1, 0.15) is 0 Å². The van der Waals surface area contributed by atoms with Gasteiger partial charge in [-0.1, -0.05) is 17.7 Å². The van der Waals surface area contributed by atoms with Crippen LogP contribution in [-0.4, -0.2) is 11.0 Å². The lowest BCUT2D eigenvalue weighted by Crippen LogP contribution is -2.13. The van der Waals surface area contributed by atoms with Crippen LogP contribution in [-0.2, 0) is 0 Å². The van der Waals surface area contributed by atoms with Crippen LogP contribution in [0, 0.1) is 5.82 Å². The molecule has 13 heavy (non-hydrogen) atoms. The number of aromatic nitrogens is 1. The number of nitrogens with zero attached hydrogens (tertiary/aromatic N) is 1. The first kappa shape index (κ1) is 9.99. The van der Waals surface area contributed by atoms with E-state index in [1.807, 2.05) is 6.92 Å². The Kier molecular flexibility index (Phi) is 3.25. The van der Waals surface area contributed by atoms with E-state index in [1.165, 1.54) is 12.3 Å². The fourth-order valence-corrected chi connectivity index (χ4v) is 0.940. The number of halogens is 2. The topological polar surface area (TPSA) is 24.9 Å². The maximum absolute atomic E-state index is 13.1. The number of nitrogens with one attached hydrogen (secondary N) is 1. The molecule has 0 spiro atoms. The van der Waals surface area contributed by atoms with Crippen LogP contribution in [0.25, 0.3) is 0 Å². The Bertz CT molecular complexity index is 314. The van der Waals surface area contributed by atoms with Crippen LogP contribution in [0.2, 0.25) is 5.02 Å². The Morgan fingerprint density at radius 1 is 1.77 bits per heavy atom. The van der Waals surface area contributed by atoms with Gasteiger partial charge in [0.25, 0.3) is 0 Å². The summed E-state index contributed by atoms with van der Waals surface area (Å²) in [5.74, 6) is -0.266. The van der Waals surface area contributed by atoms with Gasteiger partial charge < -0.3 is 5.32 Å². The third-order valence-corrected chi connectivity index (χ3v) is 1.73. The van der Waals surface area contributed by atoms with Crippen molar-refractivity contribution in [3.05, 3.63) is 35.8 Å². The summed E-state index contributed by atoms with van der Waals surface area (Å²) in [7, 11) is 0. The van der Waals surface area contributed by atoms with Crippen LogP contribution >= 0.6 is 11.6 Å². The van der Waals surface area contributed by atoms with Crippen molar-refractivity contribution in [3.63, 3.8) is 0 Å². The van der Waals surface area contributed by atoms with Crippen molar-refractivity contribution in [2.75, 3.05) is 5.32 Å². The molecule has 0 saturated carbocycles. The molecule has 1 aromatic rings. The van der Waals surface area contributed by atoms with E-state index in [9.17, 15) is 4.39 Å². The molecule has 0 aromatic carbocycles. The molecule has 2 nitrogen and oxygen atoms in total. The fourth-order valence-electron chi connectivity index (χ4n) is 0.795. The lowest BCUT2D eigenvalue weighted by atomic mass is 10.3. The second-order valence-electron chi connectivity index (χ2n) is 2.65. The van der Waals surface area contributed by atoms with Gasteiger partial charge in [-0.2, -0.15) is 0 Å². The van der Waals surface area contributed by atoms with Gasteiger partial charge in [0.2, 0.25) is 0 Å². The summed E-state index contributed by atoms with van der Waals surface area (Å²) in [6.45, 7) is 5.42. The van der Waals surface area contributed by atoms with E-state index in [1.54, 1.807) is 6.08 Å². The summed E-state index contributed by atoms with van der Waals surface area (Å²) in [5.41, 5.74) is 0. The number of hydrogen-bond acceptors (Lipinski definition) is 2. The molecular formula is C9H10ClFN2. The molecule has 0 amide bonds. The fraction of sp³-hybridized carbons (Fsp3) is 0.222. The Morgan fingerprint density at radius 2 is 2.46 bits per heavy atom. The molecular weight excluding hydrogens is 191 g/mol. The summed E-state index contributed by atoms with van der Waals surface area (Å²) in [6.07, 6.45) is 3.05. The largest absolute Gasteiger partial charge is 0.362 e. The zero-order valence-electron chi connectivity index (χ0n) is 7.22. The van der Waals surface area contributed by atoms with Gasteiger partial charge in [0.05, 0.1) is 5.02 Å². The van der Waals surface area contributed by atoms with Crippen LogP contribution in [0.4, 0.5) is 10.2 Å². The summed E-state index contributed by atoms with van der Waals surface area (Å²) < 4.78 is 13.1. The van der Waals surface area contributed by atoms with Crippen LogP contribution < -0.4 is 5.32 Å². The van der Waals surface area contributed by atoms with Gasteiger partial charge >= 0.3 is 0 Å². The average molecular weight is 201 g/mol. The standard InChI is InChI=1S/C9H10ClFN2/c1-3-6(2)13-9-8(11)4-7(10)5-12-9/h3-6H,1H2,2H3,(H,12,13). The van der Waals surface area contributed by atoms with Gasteiger partial charge in [0, 0.05) is 12.2 Å². The van der Waals surface area contributed by atoms with E-state index >= 15 is 0 Å². The molecule has 4 heteroatoms. The van der Waals surface area contributed by atoms with Crippen LogP contribution in [0.15, 0.2) is 24.9 Å². The highest BCUT2D eigenvalue weighted by molar-refractivity contribution is 6.30. The molecule has 0 bridgehead atoms. The van der Waals surface area contributed by atoms with E-state index in [4.69, 9.17) is 11.6 Å². The second-order valence-corrected chi connectivity index (χ2v) is 3.09. The highest BCUT2D eigenvalue weighted by Gasteiger charge is 2.05. The van der Waals surface area contributed by atoms with E-state index in [-0.39, 0.29) is 16.9 Å². The van der Waals surface area contributed by atoms with E-state index in [0.717, 1.165) is 0 Å². The number of pyridine rings is 1. The SMILES string of the molecule is C=CC(C)Nc1ncc(Cl)cc1F. The molecule has 0 aliphatic carbocycles. The monoisotopic (exact) mass is 200 g/mol. The lowest BCUT2D eigenvalue weighted by Gasteiger charge is -2.10. The van der Waals surface area contributed by atoms with E-state index in [0.29, 0.717) is 0 Å². The van der Waals surface area contributed by atoms with Crippen LogP contribution in [0.3, 0.4) is 0 Å². The number of rotatable bonds is 3. The minimum absolute atomic E-state index is 0.0248. The van der Waals surface area contributed by atoms with Crippen molar-refractivity contribution >= 4 is 17.4 Å². The molecule has 0 radical (unpaired) electrons. The summed E-state index contributed by atoms with van der Waals surface area (Å²) in [4.78, 5) is 3.80. The van der Waals surface area contributed by atoms with Crippen LogP contribution in [0.5, 0.6) is 0 Å². The molecule has 1 N–H and O–H groups in total. The third-order valence-electron chi connectivity index (χ3n) is 1.53. The molecule has 1 rings (SSSR count). The third kappa shape index (κ3) is 2.70. The van der Waals surface area contributed by atoms with Crippen molar-refractivity contribution in [1.82, 2.24) is 4.98 Å². The first-order chi connectivity index (χ1) is 6.13. The predicted molar refractivity (Wildman–Crippen MR) is 52.5 cm³/mol. The maximum Gasteiger partial charge on any atom is 0.166 e. The molecule has 0 aliphatic heterocycles. The summed E-state index contributed by atoms with van der Waals surface area (Å²) in [6, 6.07) is 1.19. The minimum Gasteiger partial charge on any atom is -0.362 e. The highest BCUT2D eigenvalue weighted by Crippen LogP contribution is 2.16. The molecule has 0 aliphatic rings. The summed E-state index contributed by atoms with van der Waals surface area (Å²) >= 11 is 5.54. The minimum atomic E-state index is -0.457. The Hall–Kier alpha value is -1.09. The first-order valence-electron chi connectivity index (χ1n) is 3.83. The van der Waals surface area contributed by atoms with Gasteiger partial charge in [-0.25, -0.2) is 9.37 Å². The van der Waals surface area contributed by atoms with Crippen molar-refractivity contribution in [2.24, 2.45) is 0 Å². The van der Waals surface area contributed by atoms with Crippen molar-refractivity contribution in [3.8, 4) is 0 Å². The molecule has 1 unspecified atom stereocenters. The van der Waals surface area contributed by atoms with Gasteiger partial charge in [-0.15, -0.1) is 6.58 Å². The van der Waals surface area contributed by atoms with Crippen molar-refractivity contribution < 1.29 is 4.39 Å². The molecule has 1 atom stereocenters.